The molecule has 0 aromatic heterocycles. The quantitative estimate of drug-likeness (QED) is 0.105. The normalized spacial score (nSPS) is 32.2. The molecule has 4 aliphatic rings. The summed E-state index contributed by atoms with van der Waals surface area (Å²) in [5, 5.41) is 0. The monoisotopic (exact) mass is 578 g/mol. The molecule has 4 rings (SSSR count). The molecule has 4 heterocycles. The molecular formula is C24H50O8Si4. The number of epoxide rings is 4. The Hall–Kier alpha value is 0.548. The average Bonchev–Trinajstić information content (AvgIpc) is 3.64. The fourth-order valence-corrected chi connectivity index (χ4v) is 23.7. The van der Waals surface area contributed by atoms with Crippen LogP contribution in [0.25, 0.3) is 0 Å². The summed E-state index contributed by atoms with van der Waals surface area (Å²) in [6.45, 7) is 15.6. The van der Waals surface area contributed by atoms with Crippen molar-refractivity contribution >= 4 is 34.7 Å². The minimum absolute atomic E-state index is 0.360. The van der Waals surface area contributed by atoms with Gasteiger partial charge in [0.25, 0.3) is 0 Å². The minimum atomic E-state index is -2.60. The number of ether oxygens (including phenoxy) is 4. The van der Waals surface area contributed by atoms with Gasteiger partial charge >= 0.3 is 25.7 Å². The van der Waals surface area contributed by atoms with Gasteiger partial charge in [-0.05, 0) is 82.5 Å². The lowest BCUT2D eigenvalue weighted by atomic mass is 10.4. The second kappa shape index (κ2) is 13.3. The van der Waals surface area contributed by atoms with Crippen molar-refractivity contribution in [2.75, 3.05) is 33.0 Å². The molecule has 0 bridgehead atoms. The Bertz CT molecular complexity index is 679. The number of rotatable bonds is 22. The topological polar surface area (TPSA) is 87.0 Å². The molecule has 0 saturated carbocycles. The van der Waals surface area contributed by atoms with Gasteiger partial charge in [0.2, 0.25) is 0 Å². The van der Waals surface area contributed by atoms with E-state index in [0.29, 0.717) is 24.4 Å². The van der Waals surface area contributed by atoms with Crippen molar-refractivity contribution in [1.82, 2.24) is 0 Å². The lowest BCUT2D eigenvalue weighted by molar-refractivity contribution is 0.209. The lowest BCUT2D eigenvalue weighted by Crippen LogP contribution is -2.59. The highest BCUT2D eigenvalue weighted by Gasteiger charge is 2.50. The number of hydrogen-bond donors (Lipinski definition) is 0. The van der Waals surface area contributed by atoms with Crippen molar-refractivity contribution < 1.29 is 35.7 Å². The lowest BCUT2D eigenvalue weighted by Gasteiger charge is -2.43. The van der Waals surface area contributed by atoms with Gasteiger partial charge in [-0.1, -0.05) is 13.3 Å². The molecule has 0 N–H and O–H groups in total. The Morgan fingerprint density at radius 3 is 1.64 bits per heavy atom. The molecule has 4 saturated heterocycles. The Kier molecular flexibility index (Phi) is 10.9. The molecular weight excluding hydrogens is 529 g/mol. The van der Waals surface area contributed by atoms with E-state index in [4.69, 9.17) is 35.7 Å². The van der Waals surface area contributed by atoms with Crippen molar-refractivity contribution in [3.8, 4) is 0 Å². The smallest absolute Gasteiger partial charge is 0.326 e. The van der Waals surface area contributed by atoms with E-state index in [0.717, 1.165) is 95.7 Å². The molecule has 0 radical (unpaired) electrons. The van der Waals surface area contributed by atoms with Crippen molar-refractivity contribution in [3.05, 3.63) is 0 Å². The molecule has 12 heteroatoms. The van der Waals surface area contributed by atoms with E-state index in [9.17, 15) is 0 Å². The number of hydrogen-bond acceptors (Lipinski definition) is 8. The highest BCUT2D eigenvalue weighted by Crippen LogP contribution is 2.35. The Morgan fingerprint density at radius 1 is 0.694 bits per heavy atom. The first-order valence-electron chi connectivity index (χ1n) is 14.4. The molecule has 0 aliphatic carbocycles. The first-order chi connectivity index (χ1) is 17.2. The molecule has 0 amide bonds. The van der Waals surface area contributed by atoms with Crippen LogP contribution in [0.1, 0.15) is 45.4 Å². The molecule has 36 heavy (non-hydrogen) atoms. The van der Waals surface area contributed by atoms with Gasteiger partial charge in [-0.25, -0.2) is 0 Å². The minimum Gasteiger partial charge on any atom is -0.439 e. The highest BCUT2D eigenvalue weighted by molar-refractivity contribution is 6.87. The summed E-state index contributed by atoms with van der Waals surface area (Å²) in [6.07, 6.45) is 7.92. The van der Waals surface area contributed by atoms with Gasteiger partial charge < -0.3 is 35.7 Å². The van der Waals surface area contributed by atoms with Crippen LogP contribution >= 0.6 is 0 Å². The van der Waals surface area contributed by atoms with Crippen LogP contribution in [-0.4, -0.2) is 92.2 Å². The van der Waals surface area contributed by atoms with Gasteiger partial charge in [-0.3, -0.25) is 0 Å². The fourth-order valence-electron chi connectivity index (χ4n) is 4.87. The first-order valence-corrected chi connectivity index (χ1v) is 24.4. The molecule has 0 spiro atoms. The van der Waals surface area contributed by atoms with Crippen LogP contribution in [0.4, 0.5) is 0 Å². The van der Waals surface area contributed by atoms with E-state index in [-0.39, 0.29) is 0 Å². The Morgan fingerprint density at radius 2 is 1.14 bits per heavy atom. The number of unbranched alkanes of at least 4 members (excludes halogenated alkanes) is 1. The van der Waals surface area contributed by atoms with E-state index in [1.807, 2.05) is 0 Å². The summed E-state index contributed by atoms with van der Waals surface area (Å²) in [6, 6.07) is 3.98. The van der Waals surface area contributed by atoms with Gasteiger partial charge in [0.05, 0.1) is 50.8 Å². The second-order valence-electron chi connectivity index (χ2n) is 11.8. The van der Waals surface area contributed by atoms with Crippen LogP contribution in [0.2, 0.25) is 50.4 Å². The zero-order valence-corrected chi connectivity index (χ0v) is 27.4. The summed E-state index contributed by atoms with van der Waals surface area (Å²) in [5.41, 5.74) is 0. The summed E-state index contributed by atoms with van der Waals surface area (Å²) >= 11 is 0. The maximum Gasteiger partial charge on any atom is 0.326 e. The van der Waals surface area contributed by atoms with Crippen LogP contribution in [0.3, 0.4) is 0 Å². The summed E-state index contributed by atoms with van der Waals surface area (Å²) in [5.74, 6) is 0. The van der Waals surface area contributed by atoms with E-state index in [2.05, 4.69) is 33.1 Å². The predicted octanol–water partition coefficient (Wildman–Crippen LogP) is 4.58. The zero-order valence-electron chi connectivity index (χ0n) is 23.3. The maximum absolute atomic E-state index is 7.25. The van der Waals surface area contributed by atoms with Crippen LogP contribution in [0, 0.1) is 0 Å². The molecule has 8 atom stereocenters. The molecule has 0 aromatic rings. The van der Waals surface area contributed by atoms with Gasteiger partial charge in [0, 0.05) is 6.61 Å². The fraction of sp³-hybridized carbons (Fsp3) is 1.00. The predicted molar refractivity (Wildman–Crippen MR) is 149 cm³/mol. The van der Waals surface area contributed by atoms with E-state index < -0.39 is 34.7 Å². The molecule has 8 nitrogen and oxygen atoms in total. The van der Waals surface area contributed by atoms with Crippen molar-refractivity contribution in [2.24, 2.45) is 0 Å². The molecule has 4 aliphatic heterocycles. The third kappa shape index (κ3) is 11.3. The molecule has 210 valence electrons. The summed E-state index contributed by atoms with van der Waals surface area (Å²) in [7, 11) is -8.88. The standard InChI is InChI=1S/C24H50O8Si4/c1-6-7-12-29-34(3,14-9-22-18-26-22)31-36(5,16-11-24-20-28-24)32-35(4,15-10-23-19-27-23)30-33(2)13-8-21-17-25-21/h21-24,33H,6-20H2,1-5H3. The van der Waals surface area contributed by atoms with Crippen molar-refractivity contribution in [2.45, 2.75) is 120 Å². The Labute approximate surface area is 223 Å². The van der Waals surface area contributed by atoms with E-state index in [1.165, 1.54) is 0 Å². The van der Waals surface area contributed by atoms with Crippen LogP contribution < -0.4 is 0 Å². The molecule has 4 fully saturated rings. The third-order valence-electron chi connectivity index (χ3n) is 7.49. The second-order valence-corrected chi connectivity index (χ2v) is 25.1. The van der Waals surface area contributed by atoms with Crippen LogP contribution in [0.5, 0.6) is 0 Å². The average molecular weight is 579 g/mol. The summed E-state index contributed by atoms with van der Waals surface area (Å²) in [4.78, 5) is 0. The Balaban J connectivity index is 1.44. The van der Waals surface area contributed by atoms with Crippen LogP contribution in [-0.2, 0) is 35.7 Å². The largest absolute Gasteiger partial charge is 0.439 e. The van der Waals surface area contributed by atoms with Gasteiger partial charge in [-0.15, -0.1) is 0 Å². The van der Waals surface area contributed by atoms with E-state index >= 15 is 0 Å². The van der Waals surface area contributed by atoms with Gasteiger partial charge in [0.1, 0.15) is 0 Å². The van der Waals surface area contributed by atoms with Crippen LogP contribution in [0.15, 0.2) is 0 Å². The van der Waals surface area contributed by atoms with Crippen molar-refractivity contribution in [3.63, 3.8) is 0 Å². The molecule has 0 aromatic carbocycles. The maximum atomic E-state index is 7.25. The van der Waals surface area contributed by atoms with Gasteiger partial charge in [0.15, 0.2) is 9.04 Å². The summed E-state index contributed by atoms with van der Waals surface area (Å²) < 4.78 is 50.1. The van der Waals surface area contributed by atoms with Gasteiger partial charge in [-0.2, -0.15) is 0 Å². The van der Waals surface area contributed by atoms with Crippen molar-refractivity contribution in [1.29, 1.82) is 0 Å². The van der Waals surface area contributed by atoms with E-state index in [1.54, 1.807) is 0 Å². The third-order valence-corrected chi connectivity index (χ3v) is 23.5. The zero-order chi connectivity index (χ0) is 25.7. The SMILES string of the molecule is CCCCO[Si](C)(CCC1CO1)O[Si](C)(CCC1CO1)O[Si](C)(CCC1CO1)O[SiH](C)CCC1CO1. The first kappa shape index (κ1) is 29.5. The highest BCUT2D eigenvalue weighted by atomic mass is 28.5. The molecule has 8 unspecified atom stereocenters.